The van der Waals surface area contributed by atoms with Gasteiger partial charge in [-0.2, -0.15) is 4.31 Å². The second kappa shape index (κ2) is 10.2. The summed E-state index contributed by atoms with van der Waals surface area (Å²) in [5.74, 6) is -0.00625. The zero-order valence-corrected chi connectivity index (χ0v) is 19.4. The summed E-state index contributed by atoms with van der Waals surface area (Å²) in [7, 11) is -3.62. The molecule has 1 aliphatic rings. The van der Waals surface area contributed by atoms with Crippen LogP contribution in [-0.2, 0) is 14.8 Å². The van der Waals surface area contributed by atoms with Crippen LogP contribution >= 0.6 is 0 Å². The molecule has 3 aromatic carbocycles. The Morgan fingerprint density at radius 2 is 1.62 bits per heavy atom. The van der Waals surface area contributed by atoms with Crippen LogP contribution in [0.15, 0.2) is 71.6 Å². The molecule has 0 atom stereocenters. The van der Waals surface area contributed by atoms with E-state index in [4.69, 9.17) is 0 Å². The fourth-order valence-electron chi connectivity index (χ4n) is 3.99. The van der Waals surface area contributed by atoms with E-state index in [1.54, 1.807) is 29.2 Å². The summed E-state index contributed by atoms with van der Waals surface area (Å²) in [4.78, 5) is 24.8. The monoisotopic (exact) mass is 482 g/mol. The zero-order chi connectivity index (χ0) is 24.1. The first kappa shape index (κ1) is 23.7. The smallest absolute Gasteiger partial charge is 0.269 e. The lowest BCUT2D eigenvalue weighted by Crippen LogP contribution is -2.50. The third-order valence-electron chi connectivity index (χ3n) is 5.92. The Labute approximate surface area is 198 Å². The van der Waals surface area contributed by atoms with Crippen LogP contribution in [0.3, 0.4) is 0 Å². The summed E-state index contributed by atoms with van der Waals surface area (Å²) in [6, 6.07) is 18.9. The topological polar surface area (TPSA) is 113 Å². The molecule has 0 aliphatic carbocycles. The van der Waals surface area contributed by atoms with E-state index in [1.807, 2.05) is 30.3 Å². The van der Waals surface area contributed by atoms with Crippen molar-refractivity contribution in [2.75, 3.05) is 38.0 Å². The highest BCUT2D eigenvalue weighted by molar-refractivity contribution is 7.89. The molecule has 3 aromatic rings. The fraction of sp³-hybridized carbons (Fsp3) is 0.292. The average Bonchev–Trinajstić information content (AvgIpc) is 2.86. The second-order valence-corrected chi connectivity index (χ2v) is 10.1. The zero-order valence-electron chi connectivity index (χ0n) is 18.6. The van der Waals surface area contributed by atoms with Gasteiger partial charge in [0.05, 0.1) is 9.82 Å². The summed E-state index contributed by atoms with van der Waals surface area (Å²) in [5.41, 5.74) is 0.785. The van der Waals surface area contributed by atoms with Crippen molar-refractivity contribution in [3.63, 3.8) is 0 Å². The van der Waals surface area contributed by atoms with Crippen molar-refractivity contribution >= 4 is 38.1 Å². The molecule has 0 unspecified atom stereocenters. The highest BCUT2D eigenvalue weighted by Crippen LogP contribution is 2.23. The van der Waals surface area contributed by atoms with E-state index in [0.717, 1.165) is 16.5 Å². The number of benzene rings is 3. The molecule has 0 radical (unpaired) electrons. The van der Waals surface area contributed by atoms with Gasteiger partial charge in [0.15, 0.2) is 0 Å². The minimum atomic E-state index is -3.62. The van der Waals surface area contributed by atoms with Gasteiger partial charge < -0.3 is 10.2 Å². The molecule has 10 heteroatoms. The number of carbonyl (C=O) groups excluding carboxylic acids is 1. The number of carbonyl (C=O) groups is 1. The van der Waals surface area contributed by atoms with Gasteiger partial charge >= 0.3 is 0 Å². The Hall–Kier alpha value is -3.50. The number of non-ortho nitro benzene ring substituents is 1. The maximum absolute atomic E-state index is 13.1. The first-order chi connectivity index (χ1) is 16.3. The van der Waals surface area contributed by atoms with Crippen LogP contribution in [0.25, 0.3) is 10.8 Å². The standard InChI is InChI=1S/C24H26N4O5S/c29-24(6-3-13-25-21-8-10-22(11-9-21)28(30)31)26-14-16-27(17-15-26)34(32,33)23-12-7-19-4-1-2-5-20(19)18-23/h1-2,4-5,7-12,18,25H,3,6,13-17H2. The molecule has 0 aromatic heterocycles. The van der Waals surface area contributed by atoms with E-state index in [-0.39, 0.29) is 29.6 Å². The number of hydrogen-bond acceptors (Lipinski definition) is 6. The molecule has 1 amide bonds. The number of piperazine rings is 1. The highest BCUT2D eigenvalue weighted by Gasteiger charge is 2.30. The molecular weight excluding hydrogens is 456 g/mol. The van der Waals surface area contributed by atoms with E-state index >= 15 is 0 Å². The number of hydrogen-bond donors (Lipinski definition) is 1. The number of nitro benzene ring substituents is 1. The maximum Gasteiger partial charge on any atom is 0.269 e. The third-order valence-corrected chi connectivity index (χ3v) is 7.82. The fourth-order valence-corrected chi connectivity index (χ4v) is 5.44. The Morgan fingerprint density at radius 3 is 2.29 bits per heavy atom. The van der Waals surface area contributed by atoms with Gasteiger partial charge in [-0.05, 0) is 41.5 Å². The van der Waals surface area contributed by atoms with Crippen molar-refractivity contribution in [2.45, 2.75) is 17.7 Å². The molecule has 9 nitrogen and oxygen atoms in total. The quantitative estimate of drug-likeness (QED) is 0.299. The number of anilines is 1. The van der Waals surface area contributed by atoms with Gasteiger partial charge in [0, 0.05) is 57.0 Å². The Kier molecular flexibility index (Phi) is 7.09. The van der Waals surface area contributed by atoms with E-state index in [1.165, 1.54) is 16.4 Å². The number of amides is 1. The third kappa shape index (κ3) is 5.35. The molecular formula is C24H26N4O5S. The van der Waals surface area contributed by atoms with Crippen LogP contribution in [0.4, 0.5) is 11.4 Å². The molecule has 0 bridgehead atoms. The van der Waals surface area contributed by atoms with E-state index in [9.17, 15) is 23.3 Å². The van der Waals surface area contributed by atoms with Crippen LogP contribution in [0.1, 0.15) is 12.8 Å². The molecule has 1 N–H and O–H groups in total. The van der Waals surface area contributed by atoms with Gasteiger partial charge in [-0.15, -0.1) is 0 Å². The minimum absolute atomic E-state index is 0.00625. The maximum atomic E-state index is 13.1. The Bertz CT molecular complexity index is 1290. The van der Waals surface area contributed by atoms with Crippen molar-refractivity contribution in [3.05, 3.63) is 76.8 Å². The number of rotatable bonds is 8. The molecule has 1 heterocycles. The number of nitro groups is 1. The molecule has 4 rings (SSSR count). The number of nitrogens with zero attached hydrogens (tertiary/aromatic N) is 3. The summed E-state index contributed by atoms with van der Waals surface area (Å²) < 4.78 is 27.6. The van der Waals surface area contributed by atoms with Gasteiger partial charge in [-0.25, -0.2) is 8.42 Å². The number of fused-ring (bicyclic) bond motifs is 1. The SMILES string of the molecule is O=C(CCCNc1ccc([N+](=O)[O-])cc1)N1CCN(S(=O)(=O)c2ccc3ccccc3c2)CC1. The minimum Gasteiger partial charge on any atom is -0.385 e. The average molecular weight is 483 g/mol. The summed E-state index contributed by atoms with van der Waals surface area (Å²) in [6.45, 7) is 1.81. The van der Waals surface area contributed by atoms with Crippen molar-refractivity contribution in [3.8, 4) is 0 Å². The first-order valence-electron chi connectivity index (χ1n) is 11.1. The molecule has 34 heavy (non-hydrogen) atoms. The van der Waals surface area contributed by atoms with Gasteiger partial charge in [-0.1, -0.05) is 30.3 Å². The lowest BCUT2D eigenvalue weighted by Gasteiger charge is -2.34. The molecule has 0 spiro atoms. The lowest BCUT2D eigenvalue weighted by atomic mass is 10.1. The number of nitrogens with one attached hydrogen (secondary N) is 1. The molecule has 1 aliphatic heterocycles. The van der Waals surface area contributed by atoms with Gasteiger partial charge in [0.1, 0.15) is 0 Å². The van der Waals surface area contributed by atoms with Crippen molar-refractivity contribution < 1.29 is 18.1 Å². The number of sulfonamides is 1. The van der Waals surface area contributed by atoms with E-state index in [2.05, 4.69) is 5.32 Å². The summed E-state index contributed by atoms with van der Waals surface area (Å²) in [6.07, 6.45) is 0.947. The van der Waals surface area contributed by atoms with Crippen molar-refractivity contribution in [2.24, 2.45) is 0 Å². The Balaban J connectivity index is 1.24. The molecule has 0 saturated carbocycles. The van der Waals surface area contributed by atoms with Gasteiger partial charge in [0.25, 0.3) is 5.69 Å². The normalized spacial score (nSPS) is 14.8. The summed E-state index contributed by atoms with van der Waals surface area (Å²) in [5, 5.41) is 15.7. The molecule has 1 fully saturated rings. The first-order valence-corrected chi connectivity index (χ1v) is 12.5. The highest BCUT2D eigenvalue weighted by atomic mass is 32.2. The molecule has 178 valence electrons. The predicted molar refractivity (Wildman–Crippen MR) is 130 cm³/mol. The van der Waals surface area contributed by atoms with Crippen LogP contribution < -0.4 is 5.32 Å². The molecule has 1 saturated heterocycles. The van der Waals surface area contributed by atoms with E-state index < -0.39 is 14.9 Å². The largest absolute Gasteiger partial charge is 0.385 e. The van der Waals surface area contributed by atoms with Crippen molar-refractivity contribution in [1.82, 2.24) is 9.21 Å². The summed E-state index contributed by atoms with van der Waals surface area (Å²) >= 11 is 0. The van der Waals surface area contributed by atoms with Crippen LogP contribution in [0.5, 0.6) is 0 Å². The second-order valence-electron chi connectivity index (χ2n) is 8.13. The van der Waals surface area contributed by atoms with Crippen LogP contribution in [0.2, 0.25) is 0 Å². The lowest BCUT2D eigenvalue weighted by molar-refractivity contribution is -0.384. The van der Waals surface area contributed by atoms with Gasteiger partial charge in [0.2, 0.25) is 15.9 Å². The predicted octanol–water partition coefficient (Wildman–Crippen LogP) is 3.47. The Morgan fingerprint density at radius 1 is 0.941 bits per heavy atom. The van der Waals surface area contributed by atoms with Crippen LogP contribution in [0, 0.1) is 10.1 Å². The van der Waals surface area contributed by atoms with E-state index in [0.29, 0.717) is 32.5 Å². The van der Waals surface area contributed by atoms with Crippen LogP contribution in [-0.4, -0.2) is 61.2 Å². The van der Waals surface area contributed by atoms with Crippen molar-refractivity contribution in [1.29, 1.82) is 0 Å². The van der Waals surface area contributed by atoms with Gasteiger partial charge in [-0.3, -0.25) is 14.9 Å².